The lowest BCUT2D eigenvalue weighted by Crippen LogP contribution is -2.61. The number of carbonyl (C=O) groups excluding carboxylic acids is 3. The maximum absolute atomic E-state index is 13.1. The Labute approximate surface area is 170 Å². The van der Waals surface area contributed by atoms with E-state index in [0.717, 1.165) is 51.6 Å². The Hall–Kier alpha value is -2.28. The summed E-state index contributed by atoms with van der Waals surface area (Å²) in [6.45, 7) is 2.54. The average Bonchev–Trinajstić information content (AvgIpc) is 2.74. The molecule has 2 heterocycles. The molecule has 1 aromatic carbocycles. The van der Waals surface area contributed by atoms with Gasteiger partial charge in [0.1, 0.15) is 5.82 Å². The van der Waals surface area contributed by atoms with Gasteiger partial charge in [-0.15, -0.1) is 0 Å². The number of fused-ring (bicyclic) bond motifs is 1. The molecule has 0 spiro atoms. The van der Waals surface area contributed by atoms with Gasteiger partial charge >= 0.3 is 6.03 Å². The zero-order chi connectivity index (χ0) is 20.4. The number of Topliss-reactive ketones (excluding diaryl/α,β-unsaturated/α-hetero) is 1. The maximum Gasteiger partial charge on any atom is 0.324 e. The van der Waals surface area contributed by atoms with Gasteiger partial charge in [0, 0.05) is 30.6 Å². The quantitative estimate of drug-likeness (QED) is 0.771. The summed E-state index contributed by atoms with van der Waals surface area (Å²) in [5.41, 5.74) is 0.558. The Bertz CT molecular complexity index is 774. The number of nitrogens with zero attached hydrogens (tertiary/aromatic N) is 2. The highest BCUT2D eigenvalue weighted by molar-refractivity contribution is 5.99. The number of piperidine rings is 1. The predicted molar refractivity (Wildman–Crippen MR) is 106 cm³/mol. The highest BCUT2D eigenvalue weighted by Crippen LogP contribution is 2.29. The van der Waals surface area contributed by atoms with Crippen LogP contribution >= 0.6 is 0 Å². The zero-order valence-corrected chi connectivity index (χ0v) is 16.6. The molecule has 4 rings (SSSR count). The number of amides is 3. The third-order valence-corrected chi connectivity index (χ3v) is 6.63. The number of urea groups is 1. The van der Waals surface area contributed by atoms with Crippen molar-refractivity contribution in [1.29, 1.82) is 0 Å². The van der Waals surface area contributed by atoms with E-state index in [-0.39, 0.29) is 41.4 Å². The molecule has 156 valence electrons. The van der Waals surface area contributed by atoms with E-state index >= 15 is 0 Å². The maximum atomic E-state index is 13.1. The Morgan fingerprint density at radius 1 is 1.00 bits per heavy atom. The smallest absolute Gasteiger partial charge is 0.324 e. The lowest BCUT2D eigenvalue weighted by Gasteiger charge is -2.40. The molecule has 2 aliphatic heterocycles. The third-order valence-electron chi connectivity index (χ3n) is 6.63. The van der Waals surface area contributed by atoms with Crippen molar-refractivity contribution in [3.63, 3.8) is 0 Å². The van der Waals surface area contributed by atoms with E-state index in [0.29, 0.717) is 18.7 Å². The molecule has 1 saturated carbocycles. The number of benzene rings is 1. The van der Waals surface area contributed by atoms with Gasteiger partial charge in [0.25, 0.3) is 0 Å². The number of halogens is 1. The van der Waals surface area contributed by atoms with Crippen LogP contribution in [0.15, 0.2) is 24.3 Å². The van der Waals surface area contributed by atoms with Gasteiger partial charge in [-0.05, 0) is 63.0 Å². The van der Waals surface area contributed by atoms with E-state index in [2.05, 4.69) is 10.2 Å². The third kappa shape index (κ3) is 4.34. The summed E-state index contributed by atoms with van der Waals surface area (Å²) in [5.74, 6) is -0.425. The van der Waals surface area contributed by atoms with Crippen LogP contribution in [-0.4, -0.2) is 59.7 Å². The van der Waals surface area contributed by atoms with Crippen LogP contribution in [0.2, 0.25) is 0 Å². The predicted octanol–water partition coefficient (Wildman–Crippen LogP) is 2.83. The van der Waals surface area contributed by atoms with Crippen molar-refractivity contribution in [1.82, 2.24) is 15.1 Å². The molecule has 7 heteroatoms. The molecule has 1 N–H and O–H groups in total. The Kier molecular flexibility index (Phi) is 5.94. The van der Waals surface area contributed by atoms with Crippen LogP contribution in [0.3, 0.4) is 0 Å². The lowest BCUT2D eigenvalue weighted by molar-refractivity contribution is -0.136. The summed E-state index contributed by atoms with van der Waals surface area (Å²) in [7, 11) is 0. The summed E-state index contributed by atoms with van der Waals surface area (Å²) in [4.78, 5) is 41.3. The first-order chi connectivity index (χ1) is 14.0. The number of hydrogen-bond acceptors (Lipinski definition) is 4. The first-order valence-electron chi connectivity index (χ1n) is 10.7. The Balaban J connectivity index is 1.26. The molecule has 3 aliphatic rings. The molecule has 2 unspecified atom stereocenters. The molecular formula is C22H28FN3O3. The number of likely N-dealkylation sites (tertiary alicyclic amines) is 1. The molecule has 2 saturated heterocycles. The van der Waals surface area contributed by atoms with E-state index in [1.165, 1.54) is 17.0 Å². The average molecular weight is 401 g/mol. The minimum absolute atomic E-state index is 0.00761. The molecule has 0 bridgehead atoms. The highest BCUT2D eigenvalue weighted by atomic mass is 19.1. The summed E-state index contributed by atoms with van der Waals surface area (Å²) in [5, 5.41) is 3.01. The minimum atomic E-state index is -0.341. The fourth-order valence-corrected chi connectivity index (χ4v) is 4.86. The van der Waals surface area contributed by atoms with Crippen molar-refractivity contribution in [3.8, 4) is 0 Å². The van der Waals surface area contributed by atoms with Gasteiger partial charge in [0.2, 0.25) is 5.91 Å². The fraction of sp³-hybridized carbons (Fsp3) is 0.591. The number of carbonyl (C=O) groups is 3. The van der Waals surface area contributed by atoms with E-state index in [9.17, 15) is 18.8 Å². The number of nitrogens with one attached hydrogen (secondary N) is 1. The van der Waals surface area contributed by atoms with Gasteiger partial charge in [0.05, 0.1) is 5.92 Å². The van der Waals surface area contributed by atoms with Crippen molar-refractivity contribution in [2.75, 3.05) is 26.2 Å². The molecular weight excluding hydrogens is 373 g/mol. The van der Waals surface area contributed by atoms with Gasteiger partial charge in [-0.3, -0.25) is 14.5 Å². The van der Waals surface area contributed by atoms with E-state index in [1.807, 2.05) is 0 Å². The van der Waals surface area contributed by atoms with Crippen LogP contribution in [0.4, 0.5) is 9.18 Å². The van der Waals surface area contributed by atoms with Gasteiger partial charge in [-0.1, -0.05) is 12.8 Å². The van der Waals surface area contributed by atoms with Crippen molar-refractivity contribution in [2.45, 2.75) is 44.6 Å². The van der Waals surface area contributed by atoms with Crippen molar-refractivity contribution < 1.29 is 18.8 Å². The largest absolute Gasteiger partial charge is 0.334 e. The van der Waals surface area contributed by atoms with E-state index in [1.54, 1.807) is 12.1 Å². The van der Waals surface area contributed by atoms with Crippen LogP contribution in [0.1, 0.15) is 48.9 Å². The highest BCUT2D eigenvalue weighted by Gasteiger charge is 2.41. The molecule has 6 nitrogen and oxygen atoms in total. The second-order valence-electron chi connectivity index (χ2n) is 8.42. The van der Waals surface area contributed by atoms with Gasteiger partial charge < -0.3 is 10.2 Å². The molecule has 3 amide bonds. The molecule has 0 radical (unpaired) electrons. The number of hydrogen-bond donors (Lipinski definition) is 1. The summed E-state index contributed by atoms with van der Waals surface area (Å²) >= 11 is 0. The monoisotopic (exact) mass is 401 g/mol. The first kappa shape index (κ1) is 20.0. The molecule has 1 aliphatic carbocycles. The first-order valence-corrected chi connectivity index (χ1v) is 10.7. The SMILES string of the molecule is O=C(c1ccc(F)cc1)C1CCN(CCN2C(=O)NC3CCCCC3C2=O)CC1. The fourth-order valence-electron chi connectivity index (χ4n) is 4.86. The normalized spacial score (nSPS) is 26.2. The number of ketones is 1. The second-order valence-corrected chi connectivity index (χ2v) is 8.42. The standard InChI is InChI=1S/C22H28FN3O3/c23-17-7-5-15(6-8-17)20(27)16-9-11-25(12-10-16)13-14-26-21(28)18-3-1-2-4-19(18)24-22(26)29/h5-8,16,18-19H,1-4,9-14H2,(H,24,29). The number of imide groups is 1. The van der Waals surface area contributed by atoms with Crippen molar-refractivity contribution in [3.05, 3.63) is 35.6 Å². The van der Waals surface area contributed by atoms with Crippen LogP contribution in [0, 0.1) is 17.7 Å². The molecule has 2 atom stereocenters. The van der Waals surface area contributed by atoms with Crippen LogP contribution in [0.25, 0.3) is 0 Å². The Morgan fingerprint density at radius 2 is 1.69 bits per heavy atom. The lowest BCUT2D eigenvalue weighted by atomic mass is 9.82. The number of rotatable bonds is 5. The van der Waals surface area contributed by atoms with Crippen LogP contribution in [0.5, 0.6) is 0 Å². The van der Waals surface area contributed by atoms with Crippen LogP contribution < -0.4 is 5.32 Å². The molecule has 29 heavy (non-hydrogen) atoms. The van der Waals surface area contributed by atoms with E-state index in [4.69, 9.17) is 0 Å². The van der Waals surface area contributed by atoms with Gasteiger partial charge in [-0.2, -0.15) is 0 Å². The summed E-state index contributed by atoms with van der Waals surface area (Å²) in [6, 6.07) is 5.47. The summed E-state index contributed by atoms with van der Waals surface area (Å²) in [6.07, 6.45) is 5.34. The van der Waals surface area contributed by atoms with Crippen molar-refractivity contribution in [2.24, 2.45) is 11.8 Å². The molecule has 1 aromatic rings. The molecule has 0 aromatic heterocycles. The Morgan fingerprint density at radius 3 is 2.41 bits per heavy atom. The van der Waals surface area contributed by atoms with Crippen molar-refractivity contribution >= 4 is 17.7 Å². The van der Waals surface area contributed by atoms with Gasteiger partial charge in [0.15, 0.2) is 5.78 Å². The summed E-state index contributed by atoms with van der Waals surface area (Å²) < 4.78 is 13.1. The zero-order valence-electron chi connectivity index (χ0n) is 16.6. The second kappa shape index (κ2) is 8.61. The minimum Gasteiger partial charge on any atom is -0.334 e. The molecule has 3 fully saturated rings. The van der Waals surface area contributed by atoms with Crippen LogP contribution in [-0.2, 0) is 4.79 Å². The van der Waals surface area contributed by atoms with E-state index < -0.39 is 0 Å². The van der Waals surface area contributed by atoms with Gasteiger partial charge in [-0.25, -0.2) is 9.18 Å². The topological polar surface area (TPSA) is 69.7 Å².